The van der Waals surface area contributed by atoms with Gasteiger partial charge in [0.05, 0.1) is 0 Å². The SMILES string of the molecule is Cc1c(CN2CCC[C@H](c3ccn[nH]3)C2)cc(C#N)n1C. The topological polar surface area (TPSA) is 60.6 Å². The fourth-order valence-electron chi connectivity index (χ4n) is 3.22. The maximum absolute atomic E-state index is 9.13. The van der Waals surface area contributed by atoms with Gasteiger partial charge in [-0.15, -0.1) is 0 Å². The van der Waals surface area contributed by atoms with E-state index in [-0.39, 0.29) is 0 Å². The molecule has 2 aromatic heterocycles. The van der Waals surface area contributed by atoms with Crippen molar-refractivity contribution in [2.24, 2.45) is 7.05 Å². The number of likely N-dealkylation sites (tertiary alicyclic amines) is 1. The van der Waals surface area contributed by atoms with Gasteiger partial charge in [0.1, 0.15) is 11.8 Å². The molecule has 1 N–H and O–H groups in total. The Bertz CT molecular complexity index is 647. The normalized spacial score (nSPS) is 19.6. The first kappa shape index (κ1) is 13.9. The molecule has 21 heavy (non-hydrogen) atoms. The monoisotopic (exact) mass is 283 g/mol. The smallest absolute Gasteiger partial charge is 0.120 e. The Morgan fingerprint density at radius 2 is 2.38 bits per heavy atom. The van der Waals surface area contributed by atoms with Crippen LogP contribution in [0.15, 0.2) is 18.3 Å². The first-order valence-electron chi connectivity index (χ1n) is 7.46. The Morgan fingerprint density at radius 1 is 1.52 bits per heavy atom. The molecule has 1 atom stereocenters. The molecule has 1 fully saturated rings. The fraction of sp³-hybridized carbons (Fsp3) is 0.500. The highest BCUT2D eigenvalue weighted by atomic mass is 15.2. The van der Waals surface area contributed by atoms with Crippen LogP contribution in [-0.4, -0.2) is 32.8 Å². The predicted octanol–water partition coefficient (Wildman–Crippen LogP) is 2.31. The van der Waals surface area contributed by atoms with Crippen molar-refractivity contribution in [1.29, 1.82) is 5.26 Å². The largest absolute Gasteiger partial charge is 0.340 e. The average Bonchev–Trinajstić information content (AvgIpc) is 3.12. The van der Waals surface area contributed by atoms with Crippen molar-refractivity contribution >= 4 is 0 Å². The van der Waals surface area contributed by atoms with Crippen molar-refractivity contribution in [3.63, 3.8) is 0 Å². The van der Waals surface area contributed by atoms with E-state index < -0.39 is 0 Å². The highest BCUT2D eigenvalue weighted by Gasteiger charge is 2.23. The van der Waals surface area contributed by atoms with Gasteiger partial charge >= 0.3 is 0 Å². The van der Waals surface area contributed by atoms with Crippen LogP contribution < -0.4 is 0 Å². The summed E-state index contributed by atoms with van der Waals surface area (Å²) in [7, 11) is 1.96. The lowest BCUT2D eigenvalue weighted by Crippen LogP contribution is -2.34. The van der Waals surface area contributed by atoms with E-state index in [0.717, 1.165) is 25.3 Å². The summed E-state index contributed by atoms with van der Waals surface area (Å²) < 4.78 is 1.98. The van der Waals surface area contributed by atoms with Gasteiger partial charge in [0.15, 0.2) is 0 Å². The number of piperidine rings is 1. The summed E-state index contributed by atoms with van der Waals surface area (Å²) >= 11 is 0. The number of nitriles is 1. The third kappa shape index (κ3) is 2.72. The van der Waals surface area contributed by atoms with Crippen LogP contribution in [0.2, 0.25) is 0 Å². The molecule has 0 bridgehead atoms. The number of aromatic nitrogens is 3. The Morgan fingerprint density at radius 3 is 3.05 bits per heavy atom. The summed E-state index contributed by atoms with van der Waals surface area (Å²) in [6, 6.07) is 6.36. The molecule has 3 heterocycles. The molecular weight excluding hydrogens is 262 g/mol. The summed E-state index contributed by atoms with van der Waals surface area (Å²) in [6.07, 6.45) is 4.26. The molecule has 0 radical (unpaired) electrons. The zero-order valence-electron chi connectivity index (χ0n) is 12.6. The lowest BCUT2D eigenvalue weighted by Gasteiger charge is -2.32. The standard InChI is InChI=1S/C16H21N5/c1-12-14(8-15(9-17)20(12)2)11-21-7-3-4-13(10-21)16-5-6-18-19-16/h5-6,8,13H,3-4,7,10-11H2,1-2H3,(H,18,19)/t13-/m0/s1. The van der Waals surface area contributed by atoms with Crippen molar-refractivity contribution in [3.8, 4) is 6.07 Å². The van der Waals surface area contributed by atoms with Crippen LogP contribution in [0.3, 0.4) is 0 Å². The van der Waals surface area contributed by atoms with Gasteiger partial charge in [-0.2, -0.15) is 10.4 Å². The molecule has 1 aliphatic rings. The van der Waals surface area contributed by atoms with E-state index in [9.17, 15) is 0 Å². The van der Waals surface area contributed by atoms with Gasteiger partial charge in [0.25, 0.3) is 0 Å². The second-order valence-corrected chi connectivity index (χ2v) is 5.90. The van der Waals surface area contributed by atoms with Crippen LogP contribution in [0.5, 0.6) is 0 Å². The molecule has 5 heteroatoms. The van der Waals surface area contributed by atoms with Crippen LogP contribution in [0, 0.1) is 18.3 Å². The maximum atomic E-state index is 9.13. The number of nitrogens with one attached hydrogen (secondary N) is 1. The van der Waals surface area contributed by atoms with Crippen LogP contribution in [0.1, 0.15) is 41.4 Å². The molecule has 5 nitrogen and oxygen atoms in total. The highest BCUT2D eigenvalue weighted by Crippen LogP contribution is 2.27. The molecule has 2 aromatic rings. The Kier molecular flexibility index (Phi) is 3.80. The third-order valence-electron chi connectivity index (χ3n) is 4.62. The molecule has 0 unspecified atom stereocenters. The lowest BCUT2D eigenvalue weighted by atomic mass is 9.94. The number of nitrogens with zero attached hydrogens (tertiary/aromatic N) is 4. The molecule has 0 aliphatic carbocycles. The fourth-order valence-corrected chi connectivity index (χ4v) is 3.22. The summed E-state index contributed by atoms with van der Waals surface area (Å²) in [5.74, 6) is 0.542. The molecule has 1 aliphatic heterocycles. The van der Waals surface area contributed by atoms with Gasteiger partial charge in [-0.1, -0.05) is 0 Å². The second kappa shape index (κ2) is 5.74. The summed E-state index contributed by atoms with van der Waals surface area (Å²) in [4.78, 5) is 2.48. The van der Waals surface area contributed by atoms with E-state index in [0.29, 0.717) is 5.92 Å². The molecule has 0 spiro atoms. The molecule has 0 amide bonds. The summed E-state index contributed by atoms with van der Waals surface area (Å²) in [5, 5.41) is 16.3. The second-order valence-electron chi connectivity index (χ2n) is 5.90. The summed E-state index contributed by atoms with van der Waals surface area (Å²) in [6.45, 7) is 5.19. The molecule has 110 valence electrons. The molecule has 3 rings (SSSR count). The van der Waals surface area contributed by atoms with Crippen LogP contribution in [-0.2, 0) is 13.6 Å². The van der Waals surface area contributed by atoms with Crippen LogP contribution in [0.4, 0.5) is 0 Å². The van der Waals surface area contributed by atoms with E-state index in [1.54, 1.807) is 0 Å². The van der Waals surface area contributed by atoms with Gasteiger partial charge in [0, 0.05) is 43.6 Å². The van der Waals surface area contributed by atoms with Crippen molar-refractivity contribution in [2.75, 3.05) is 13.1 Å². The highest BCUT2D eigenvalue weighted by molar-refractivity contribution is 5.34. The molecular formula is C16H21N5. The zero-order chi connectivity index (χ0) is 14.8. The molecule has 0 aromatic carbocycles. The lowest BCUT2D eigenvalue weighted by molar-refractivity contribution is 0.198. The van der Waals surface area contributed by atoms with Crippen molar-refractivity contribution in [2.45, 2.75) is 32.2 Å². The number of hydrogen-bond acceptors (Lipinski definition) is 3. The zero-order valence-corrected chi connectivity index (χ0v) is 12.6. The van der Waals surface area contributed by atoms with E-state index in [2.05, 4.69) is 34.2 Å². The number of H-pyrrole nitrogens is 1. The van der Waals surface area contributed by atoms with Crippen molar-refractivity contribution in [3.05, 3.63) is 41.0 Å². The van der Waals surface area contributed by atoms with Crippen molar-refractivity contribution < 1.29 is 0 Å². The van der Waals surface area contributed by atoms with Gasteiger partial charge < -0.3 is 4.57 Å². The average molecular weight is 283 g/mol. The van der Waals surface area contributed by atoms with Crippen LogP contribution >= 0.6 is 0 Å². The number of aromatic amines is 1. The van der Waals surface area contributed by atoms with E-state index >= 15 is 0 Å². The Labute approximate surface area is 125 Å². The van der Waals surface area contributed by atoms with Gasteiger partial charge in [-0.3, -0.25) is 10.00 Å². The number of hydrogen-bond donors (Lipinski definition) is 1. The van der Waals surface area contributed by atoms with Gasteiger partial charge in [0.2, 0.25) is 0 Å². The first-order chi connectivity index (χ1) is 10.2. The maximum Gasteiger partial charge on any atom is 0.120 e. The van der Waals surface area contributed by atoms with E-state index in [4.69, 9.17) is 5.26 Å². The van der Waals surface area contributed by atoms with Gasteiger partial charge in [-0.05, 0) is 44.0 Å². The van der Waals surface area contributed by atoms with E-state index in [1.807, 2.05) is 23.9 Å². The minimum absolute atomic E-state index is 0.542. The Balaban J connectivity index is 1.72. The molecule has 1 saturated heterocycles. The predicted molar refractivity (Wildman–Crippen MR) is 80.7 cm³/mol. The Hall–Kier alpha value is -2.06. The summed E-state index contributed by atoms with van der Waals surface area (Å²) in [5.41, 5.74) is 4.43. The van der Waals surface area contributed by atoms with Crippen LogP contribution in [0.25, 0.3) is 0 Å². The van der Waals surface area contributed by atoms with E-state index in [1.165, 1.54) is 29.8 Å². The van der Waals surface area contributed by atoms with Gasteiger partial charge in [-0.25, -0.2) is 0 Å². The number of rotatable bonds is 3. The first-order valence-corrected chi connectivity index (χ1v) is 7.46. The quantitative estimate of drug-likeness (QED) is 0.940. The van der Waals surface area contributed by atoms with Crippen molar-refractivity contribution in [1.82, 2.24) is 19.7 Å². The minimum Gasteiger partial charge on any atom is -0.340 e. The third-order valence-corrected chi connectivity index (χ3v) is 4.62. The molecule has 0 saturated carbocycles. The minimum atomic E-state index is 0.542.